The molecular formula is C13H22N2. The Balaban J connectivity index is 2.25. The minimum Gasteiger partial charge on any atom is -0.399 e. The van der Waals surface area contributed by atoms with Gasteiger partial charge in [0.2, 0.25) is 0 Å². The van der Waals surface area contributed by atoms with E-state index in [0.29, 0.717) is 12.0 Å². The molecule has 2 aliphatic rings. The van der Waals surface area contributed by atoms with Gasteiger partial charge in [-0.05, 0) is 38.7 Å². The Hall–Kier alpha value is -0.920. The van der Waals surface area contributed by atoms with Crippen LogP contribution in [0.25, 0.3) is 0 Å². The van der Waals surface area contributed by atoms with Gasteiger partial charge in [-0.15, -0.1) is 0 Å². The highest BCUT2D eigenvalue weighted by atomic mass is 15.2. The number of fused-ring (bicyclic) bond motifs is 1. The summed E-state index contributed by atoms with van der Waals surface area (Å²) in [5.74, 6) is 1.52. The van der Waals surface area contributed by atoms with Gasteiger partial charge in [0.05, 0.1) is 0 Å². The molecule has 2 N–H and O–H groups in total. The van der Waals surface area contributed by atoms with E-state index in [9.17, 15) is 0 Å². The Labute approximate surface area is 92.8 Å². The molecule has 0 aromatic heterocycles. The van der Waals surface area contributed by atoms with Crippen molar-refractivity contribution in [3.8, 4) is 0 Å². The molecule has 0 spiro atoms. The van der Waals surface area contributed by atoms with Crippen LogP contribution in [0.3, 0.4) is 0 Å². The van der Waals surface area contributed by atoms with E-state index in [1.54, 1.807) is 0 Å². The summed E-state index contributed by atoms with van der Waals surface area (Å²) >= 11 is 0. The van der Waals surface area contributed by atoms with E-state index in [1.807, 2.05) is 0 Å². The zero-order valence-corrected chi connectivity index (χ0v) is 10.0. The summed E-state index contributed by atoms with van der Waals surface area (Å²) in [6, 6.07) is 0.590. The fourth-order valence-electron chi connectivity index (χ4n) is 2.79. The van der Waals surface area contributed by atoms with Crippen LogP contribution in [0.1, 0.15) is 33.6 Å². The van der Waals surface area contributed by atoms with Crippen LogP contribution >= 0.6 is 0 Å². The second-order valence-electron chi connectivity index (χ2n) is 5.29. The molecular weight excluding hydrogens is 184 g/mol. The van der Waals surface area contributed by atoms with Crippen molar-refractivity contribution in [2.24, 2.45) is 17.6 Å². The molecule has 0 radical (unpaired) electrons. The van der Waals surface area contributed by atoms with E-state index in [1.165, 1.54) is 18.7 Å². The third-order valence-electron chi connectivity index (χ3n) is 3.52. The predicted octanol–water partition coefficient (Wildman–Crippen LogP) is 2.48. The Kier molecular flexibility index (Phi) is 2.76. The van der Waals surface area contributed by atoms with Crippen LogP contribution in [0.15, 0.2) is 23.5 Å². The quantitative estimate of drug-likeness (QED) is 0.714. The third kappa shape index (κ3) is 2.04. The summed E-state index contributed by atoms with van der Waals surface area (Å²) in [5.41, 5.74) is 8.32. The molecule has 1 heterocycles. The summed E-state index contributed by atoms with van der Waals surface area (Å²) in [5, 5.41) is 0. The highest BCUT2D eigenvalue weighted by Crippen LogP contribution is 2.36. The Morgan fingerprint density at radius 1 is 1.47 bits per heavy atom. The fraction of sp³-hybridized carbons (Fsp3) is 0.692. The number of hydrogen-bond donors (Lipinski definition) is 1. The normalized spacial score (nSPS) is 31.1. The number of nitrogens with two attached hydrogens (primary N) is 1. The minimum atomic E-state index is 0.590. The van der Waals surface area contributed by atoms with Gasteiger partial charge >= 0.3 is 0 Å². The number of likely N-dealkylation sites (tertiary alicyclic amines) is 1. The van der Waals surface area contributed by atoms with Crippen molar-refractivity contribution in [3.05, 3.63) is 23.5 Å². The molecule has 2 atom stereocenters. The molecule has 1 aliphatic heterocycles. The van der Waals surface area contributed by atoms with E-state index in [2.05, 4.69) is 37.8 Å². The molecule has 0 aromatic rings. The molecule has 1 aliphatic carbocycles. The zero-order chi connectivity index (χ0) is 11.0. The molecule has 0 bridgehead atoms. The maximum absolute atomic E-state index is 5.90. The Bertz CT molecular complexity index is 302. The third-order valence-corrected chi connectivity index (χ3v) is 3.52. The first-order valence-electron chi connectivity index (χ1n) is 6.01. The molecule has 2 nitrogen and oxygen atoms in total. The molecule has 2 unspecified atom stereocenters. The van der Waals surface area contributed by atoms with Crippen molar-refractivity contribution >= 4 is 0 Å². The number of hydrogen-bond acceptors (Lipinski definition) is 2. The lowest BCUT2D eigenvalue weighted by atomic mass is 9.82. The van der Waals surface area contributed by atoms with Gasteiger partial charge < -0.3 is 10.6 Å². The SMILES string of the molecule is CC1CC2CC=C(N)C=C2N(C(C)C)C1. The van der Waals surface area contributed by atoms with Gasteiger partial charge in [0.25, 0.3) is 0 Å². The maximum Gasteiger partial charge on any atom is 0.0291 e. The van der Waals surface area contributed by atoms with Gasteiger partial charge in [-0.2, -0.15) is 0 Å². The topological polar surface area (TPSA) is 29.3 Å². The highest BCUT2D eigenvalue weighted by molar-refractivity contribution is 5.28. The van der Waals surface area contributed by atoms with Crippen LogP contribution in [-0.4, -0.2) is 17.5 Å². The second kappa shape index (κ2) is 3.92. The summed E-state index contributed by atoms with van der Waals surface area (Å²) in [6.45, 7) is 8.08. The largest absolute Gasteiger partial charge is 0.399 e. The molecule has 1 fully saturated rings. The first-order chi connectivity index (χ1) is 7.08. The molecule has 1 saturated heterocycles. The second-order valence-corrected chi connectivity index (χ2v) is 5.29. The van der Waals surface area contributed by atoms with Gasteiger partial charge in [-0.25, -0.2) is 0 Å². The monoisotopic (exact) mass is 206 g/mol. The van der Waals surface area contributed by atoms with Crippen LogP contribution in [-0.2, 0) is 0 Å². The van der Waals surface area contributed by atoms with Crippen LogP contribution in [0, 0.1) is 11.8 Å². The van der Waals surface area contributed by atoms with Crippen LogP contribution in [0.5, 0.6) is 0 Å². The van der Waals surface area contributed by atoms with Gasteiger partial charge in [0.15, 0.2) is 0 Å². The van der Waals surface area contributed by atoms with Crippen LogP contribution in [0.4, 0.5) is 0 Å². The van der Waals surface area contributed by atoms with Gasteiger partial charge in [-0.1, -0.05) is 13.0 Å². The molecule has 84 valence electrons. The summed E-state index contributed by atoms with van der Waals surface area (Å²) in [6.07, 6.45) is 6.80. The van der Waals surface area contributed by atoms with Gasteiger partial charge in [-0.3, -0.25) is 0 Å². The summed E-state index contributed by atoms with van der Waals surface area (Å²) < 4.78 is 0. The maximum atomic E-state index is 5.90. The molecule has 0 saturated carbocycles. The van der Waals surface area contributed by atoms with Crippen molar-refractivity contribution in [1.29, 1.82) is 0 Å². The first kappa shape index (κ1) is 10.6. The van der Waals surface area contributed by atoms with E-state index in [4.69, 9.17) is 5.73 Å². The molecule has 0 aromatic carbocycles. The van der Waals surface area contributed by atoms with E-state index in [0.717, 1.165) is 18.0 Å². The lowest BCUT2D eigenvalue weighted by Gasteiger charge is -2.44. The van der Waals surface area contributed by atoms with Crippen molar-refractivity contribution < 1.29 is 0 Å². The van der Waals surface area contributed by atoms with E-state index in [-0.39, 0.29) is 0 Å². The molecule has 0 amide bonds. The van der Waals surface area contributed by atoms with Crippen molar-refractivity contribution in [2.75, 3.05) is 6.54 Å². The minimum absolute atomic E-state index is 0.590. The smallest absolute Gasteiger partial charge is 0.0291 e. The van der Waals surface area contributed by atoms with E-state index < -0.39 is 0 Å². The standard InChI is InChI=1S/C13H22N2/c1-9(2)15-8-10(3)6-11-4-5-12(14)7-13(11)15/h5,7,9-11H,4,6,8,14H2,1-3H3. The molecule has 2 rings (SSSR count). The molecule has 2 heteroatoms. The van der Waals surface area contributed by atoms with Crippen molar-refractivity contribution in [2.45, 2.75) is 39.7 Å². The lowest BCUT2D eigenvalue weighted by Crippen LogP contribution is -2.42. The summed E-state index contributed by atoms with van der Waals surface area (Å²) in [7, 11) is 0. The average molecular weight is 206 g/mol. The van der Waals surface area contributed by atoms with Crippen molar-refractivity contribution in [3.63, 3.8) is 0 Å². The van der Waals surface area contributed by atoms with Gasteiger partial charge in [0.1, 0.15) is 0 Å². The fourth-order valence-corrected chi connectivity index (χ4v) is 2.79. The first-order valence-corrected chi connectivity index (χ1v) is 6.01. The lowest BCUT2D eigenvalue weighted by molar-refractivity contribution is 0.158. The Morgan fingerprint density at radius 3 is 2.87 bits per heavy atom. The number of allylic oxidation sites excluding steroid dienone is 3. The average Bonchev–Trinajstić information content (AvgIpc) is 2.17. The van der Waals surface area contributed by atoms with Crippen molar-refractivity contribution in [1.82, 2.24) is 4.90 Å². The number of rotatable bonds is 1. The summed E-state index contributed by atoms with van der Waals surface area (Å²) in [4.78, 5) is 2.53. The highest BCUT2D eigenvalue weighted by Gasteiger charge is 2.31. The number of nitrogens with zero attached hydrogens (tertiary/aromatic N) is 1. The predicted molar refractivity (Wildman–Crippen MR) is 64.1 cm³/mol. The van der Waals surface area contributed by atoms with E-state index >= 15 is 0 Å². The van der Waals surface area contributed by atoms with Crippen LogP contribution < -0.4 is 5.73 Å². The Morgan fingerprint density at radius 2 is 2.20 bits per heavy atom. The number of piperidine rings is 1. The zero-order valence-electron chi connectivity index (χ0n) is 10.0. The van der Waals surface area contributed by atoms with Crippen LogP contribution in [0.2, 0.25) is 0 Å². The van der Waals surface area contributed by atoms with Gasteiger partial charge in [0, 0.05) is 29.9 Å². The molecule has 15 heavy (non-hydrogen) atoms.